The van der Waals surface area contributed by atoms with Crippen molar-refractivity contribution < 1.29 is 13.9 Å². The van der Waals surface area contributed by atoms with Gasteiger partial charge in [-0.3, -0.25) is 0 Å². The number of benzene rings is 1. The third-order valence-corrected chi connectivity index (χ3v) is 2.61. The van der Waals surface area contributed by atoms with E-state index in [2.05, 4.69) is 0 Å². The number of aryl methyl sites for hydroxylation is 1. The van der Waals surface area contributed by atoms with Crippen molar-refractivity contribution >= 4 is 0 Å². The van der Waals surface area contributed by atoms with Crippen LogP contribution in [0, 0.1) is 12.7 Å². The smallest absolute Gasteiger partial charge is 0.134 e. The quantitative estimate of drug-likeness (QED) is 0.883. The van der Waals surface area contributed by atoms with E-state index in [1.54, 1.807) is 32.0 Å². The van der Waals surface area contributed by atoms with E-state index in [1.165, 1.54) is 6.07 Å². The van der Waals surface area contributed by atoms with Gasteiger partial charge in [0.15, 0.2) is 0 Å². The molecule has 90 valence electrons. The van der Waals surface area contributed by atoms with Gasteiger partial charge in [-0.25, -0.2) is 4.39 Å². The van der Waals surface area contributed by atoms with Gasteiger partial charge in [-0.2, -0.15) is 0 Å². The second kappa shape index (κ2) is 4.72. The van der Waals surface area contributed by atoms with Crippen LogP contribution in [0.15, 0.2) is 34.7 Å². The first-order valence-electron chi connectivity index (χ1n) is 5.59. The topological polar surface area (TPSA) is 33.4 Å². The van der Waals surface area contributed by atoms with Crippen LogP contribution in [-0.4, -0.2) is 11.2 Å². The molecule has 1 unspecified atom stereocenters. The third kappa shape index (κ3) is 2.74. The highest BCUT2D eigenvalue weighted by atomic mass is 19.1. The molecule has 0 saturated heterocycles. The predicted octanol–water partition coefficient (Wildman–Crippen LogP) is 3.32. The van der Waals surface area contributed by atoms with Crippen LogP contribution in [0.25, 0.3) is 11.3 Å². The zero-order valence-electron chi connectivity index (χ0n) is 9.90. The average Bonchev–Trinajstić information content (AvgIpc) is 2.69. The molecular weight excluding hydrogens is 219 g/mol. The number of aliphatic hydroxyl groups excluding tert-OH is 1. The molecule has 17 heavy (non-hydrogen) atoms. The lowest BCUT2D eigenvalue weighted by atomic mass is 10.1. The van der Waals surface area contributed by atoms with Crippen molar-refractivity contribution in [2.75, 3.05) is 0 Å². The second-order valence-corrected chi connectivity index (χ2v) is 4.28. The van der Waals surface area contributed by atoms with E-state index in [0.29, 0.717) is 29.1 Å². The standard InChI is InChI=1S/C14H15FO2/c1-9-3-4-11(8-13(9)15)14-6-5-12(17-14)7-10(2)16/h3-6,8,10,16H,7H2,1-2H3. The molecule has 1 heterocycles. The monoisotopic (exact) mass is 234 g/mol. The fraction of sp³-hybridized carbons (Fsp3) is 0.286. The van der Waals surface area contributed by atoms with Gasteiger partial charge in [0.05, 0.1) is 6.10 Å². The normalized spacial score (nSPS) is 12.7. The highest BCUT2D eigenvalue weighted by molar-refractivity contribution is 5.58. The predicted molar refractivity (Wildman–Crippen MR) is 64.2 cm³/mol. The Bertz CT molecular complexity index is 515. The van der Waals surface area contributed by atoms with Gasteiger partial charge in [-0.05, 0) is 37.6 Å². The van der Waals surface area contributed by atoms with Crippen LogP contribution in [-0.2, 0) is 6.42 Å². The summed E-state index contributed by atoms with van der Waals surface area (Å²) in [6, 6.07) is 8.60. The molecule has 1 aromatic carbocycles. The molecule has 0 fully saturated rings. The zero-order chi connectivity index (χ0) is 12.4. The van der Waals surface area contributed by atoms with E-state index in [4.69, 9.17) is 4.42 Å². The van der Waals surface area contributed by atoms with Crippen molar-refractivity contribution in [2.24, 2.45) is 0 Å². The number of halogens is 1. The van der Waals surface area contributed by atoms with E-state index in [-0.39, 0.29) is 5.82 Å². The van der Waals surface area contributed by atoms with Crippen LogP contribution >= 0.6 is 0 Å². The number of aliphatic hydroxyl groups is 1. The van der Waals surface area contributed by atoms with Crippen molar-refractivity contribution in [1.29, 1.82) is 0 Å². The first-order chi connectivity index (χ1) is 8.06. The summed E-state index contributed by atoms with van der Waals surface area (Å²) < 4.78 is 18.9. The molecule has 2 nitrogen and oxygen atoms in total. The molecule has 0 aliphatic carbocycles. The Hall–Kier alpha value is -1.61. The summed E-state index contributed by atoms with van der Waals surface area (Å²) in [5.41, 5.74) is 1.33. The van der Waals surface area contributed by atoms with Crippen LogP contribution in [0.5, 0.6) is 0 Å². The molecule has 0 spiro atoms. The summed E-state index contributed by atoms with van der Waals surface area (Å²) in [5.74, 6) is 1.09. The maximum absolute atomic E-state index is 13.4. The fourth-order valence-electron chi connectivity index (χ4n) is 1.68. The maximum Gasteiger partial charge on any atom is 0.134 e. The molecule has 0 saturated carbocycles. The SMILES string of the molecule is Cc1ccc(-c2ccc(CC(C)O)o2)cc1F. The van der Waals surface area contributed by atoms with Crippen molar-refractivity contribution in [2.45, 2.75) is 26.4 Å². The highest BCUT2D eigenvalue weighted by Gasteiger charge is 2.08. The summed E-state index contributed by atoms with van der Waals surface area (Å²) in [5, 5.41) is 9.25. The maximum atomic E-state index is 13.4. The first-order valence-corrected chi connectivity index (χ1v) is 5.59. The molecule has 1 atom stereocenters. The van der Waals surface area contributed by atoms with E-state index < -0.39 is 6.10 Å². The van der Waals surface area contributed by atoms with Gasteiger partial charge in [0.25, 0.3) is 0 Å². The van der Waals surface area contributed by atoms with Gasteiger partial charge in [0.1, 0.15) is 17.3 Å². The molecule has 0 amide bonds. The average molecular weight is 234 g/mol. The van der Waals surface area contributed by atoms with Gasteiger partial charge in [0, 0.05) is 12.0 Å². The molecule has 3 heteroatoms. The number of rotatable bonds is 3. The lowest BCUT2D eigenvalue weighted by molar-refractivity contribution is 0.187. The molecule has 1 aromatic heterocycles. The molecule has 0 radical (unpaired) electrons. The summed E-state index contributed by atoms with van der Waals surface area (Å²) >= 11 is 0. The Labute approximate surface area is 99.7 Å². The Kier molecular flexibility index (Phi) is 3.29. The lowest BCUT2D eigenvalue weighted by Gasteiger charge is -2.01. The minimum atomic E-state index is -0.441. The molecule has 2 aromatic rings. The van der Waals surface area contributed by atoms with Crippen LogP contribution in [0.3, 0.4) is 0 Å². The molecular formula is C14H15FO2. The van der Waals surface area contributed by atoms with E-state index in [1.807, 2.05) is 6.07 Å². The van der Waals surface area contributed by atoms with E-state index >= 15 is 0 Å². The minimum Gasteiger partial charge on any atom is -0.461 e. The summed E-state index contributed by atoms with van der Waals surface area (Å²) in [7, 11) is 0. The van der Waals surface area contributed by atoms with E-state index in [9.17, 15) is 9.50 Å². The lowest BCUT2D eigenvalue weighted by Crippen LogP contribution is -2.02. The van der Waals surface area contributed by atoms with Crippen molar-refractivity contribution in [3.8, 4) is 11.3 Å². The molecule has 0 aliphatic rings. The Morgan fingerprint density at radius 3 is 2.71 bits per heavy atom. The Morgan fingerprint density at radius 2 is 2.06 bits per heavy atom. The summed E-state index contributed by atoms with van der Waals surface area (Å²) in [6.07, 6.45) is 0.0256. The summed E-state index contributed by atoms with van der Waals surface area (Å²) in [4.78, 5) is 0. The van der Waals surface area contributed by atoms with Gasteiger partial charge in [-0.1, -0.05) is 12.1 Å². The fourth-order valence-corrected chi connectivity index (χ4v) is 1.68. The van der Waals surface area contributed by atoms with Crippen LogP contribution in [0.2, 0.25) is 0 Å². The first kappa shape index (κ1) is 11.9. The van der Waals surface area contributed by atoms with Gasteiger partial charge in [-0.15, -0.1) is 0 Å². The molecule has 1 N–H and O–H groups in total. The Balaban J connectivity index is 2.27. The van der Waals surface area contributed by atoms with Crippen LogP contribution in [0.1, 0.15) is 18.2 Å². The van der Waals surface area contributed by atoms with Gasteiger partial charge in [0.2, 0.25) is 0 Å². The van der Waals surface area contributed by atoms with Crippen molar-refractivity contribution in [3.05, 3.63) is 47.5 Å². The Morgan fingerprint density at radius 1 is 1.29 bits per heavy atom. The van der Waals surface area contributed by atoms with Crippen LogP contribution in [0.4, 0.5) is 4.39 Å². The van der Waals surface area contributed by atoms with Gasteiger partial charge >= 0.3 is 0 Å². The number of furan rings is 1. The minimum absolute atomic E-state index is 0.240. The summed E-state index contributed by atoms with van der Waals surface area (Å²) in [6.45, 7) is 3.42. The zero-order valence-corrected chi connectivity index (χ0v) is 9.90. The highest BCUT2D eigenvalue weighted by Crippen LogP contribution is 2.24. The molecule has 0 aliphatic heterocycles. The second-order valence-electron chi connectivity index (χ2n) is 4.28. The van der Waals surface area contributed by atoms with Crippen molar-refractivity contribution in [1.82, 2.24) is 0 Å². The largest absolute Gasteiger partial charge is 0.461 e. The van der Waals surface area contributed by atoms with Crippen LogP contribution < -0.4 is 0 Å². The number of hydrogen-bond acceptors (Lipinski definition) is 2. The molecule has 0 bridgehead atoms. The van der Waals surface area contributed by atoms with E-state index in [0.717, 1.165) is 0 Å². The van der Waals surface area contributed by atoms with Gasteiger partial charge < -0.3 is 9.52 Å². The third-order valence-electron chi connectivity index (χ3n) is 2.61. The molecule has 2 rings (SSSR count). The number of hydrogen-bond donors (Lipinski definition) is 1. The van der Waals surface area contributed by atoms with Crippen molar-refractivity contribution in [3.63, 3.8) is 0 Å².